The molecule has 0 atom stereocenters. The fraction of sp³-hybridized carbons (Fsp3) is 0.0448. The van der Waals surface area contributed by atoms with Crippen LogP contribution in [0.4, 0.5) is 0 Å². The predicted molar refractivity (Wildman–Crippen MR) is 315 cm³/mol. The number of rotatable bonds is 5. The van der Waals surface area contributed by atoms with E-state index in [1.165, 1.54) is 52.5 Å². The molecule has 3 aromatic heterocycles. The van der Waals surface area contributed by atoms with E-state index < -0.39 is 28.7 Å². The van der Waals surface area contributed by atoms with Crippen molar-refractivity contribution in [2.45, 2.75) is 20.8 Å². The predicted octanol–water partition coefficient (Wildman–Crippen LogP) is 18.3. The highest BCUT2D eigenvalue weighted by Gasteiger charge is 2.26. The van der Waals surface area contributed by atoms with Gasteiger partial charge in [0, 0.05) is 58.5 Å². The number of allylic oxidation sites excluding steroid dienone is 1. The average Bonchev–Trinajstić information content (AvgIpc) is 4.28. The first kappa shape index (κ1) is 46.6. The summed E-state index contributed by atoms with van der Waals surface area (Å²) in [5, 5.41) is 64.9. The van der Waals surface area contributed by atoms with Crippen molar-refractivity contribution in [3.05, 3.63) is 213 Å². The number of aromatic hydroxyl groups is 5. The van der Waals surface area contributed by atoms with Gasteiger partial charge in [-0.2, -0.15) is 0 Å². The lowest BCUT2D eigenvalue weighted by molar-refractivity contribution is 0.330. The average molecular weight is 995 g/mol. The lowest BCUT2D eigenvalue weighted by Crippen LogP contribution is -1.97. The minimum atomic E-state index is -1.00. The number of hydrogen-bond donors (Lipinski definition) is 5. The van der Waals surface area contributed by atoms with Gasteiger partial charge in [0.25, 0.3) is 0 Å². The molecule has 364 valence electrons. The zero-order valence-corrected chi connectivity index (χ0v) is 42.2. The number of hydrogen-bond acceptors (Lipinski definition) is 6. The second-order valence-electron chi connectivity index (χ2n) is 18.4. The Morgan fingerprint density at radius 3 is 1.60 bits per heavy atom. The molecule has 0 aliphatic heterocycles. The molecule has 14 rings (SSSR count). The summed E-state index contributed by atoms with van der Waals surface area (Å²) in [5.74, 6) is -4.34. The molecule has 0 aliphatic carbocycles. The highest BCUT2D eigenvalue weighted by molar-refractivity contribution is 7.26. The molecule has 3 heterocycles. The van der Waals surface area contributed by atoms with Crippen LogP contribution in [0.15, 0.2) is 213 Å². The molecule has 0 radical (unpaired) electrons. The number of para-hydroxylation sites is 2. The molecule has 75 heavy (non-hydrogen) atoms. The maximum absolute atomic E-state index is 11.0. The van der Waals surface area contributed by atoms with Crippen molar-refractivity contribution in [3.63, 3.8) is 0 Å². The molecule has 0 aliphatic rings. The zero-order valence-electron chi connectivity index (χ0n) is 41.4. The number of fused-ring (bicyclic) bond motifs is 14. The van der Waals surface area contributed by atoms with Gasteiger partial charge in [-0.25, -0.2) is 0 Å². The van der Waals surface area contributed by atoms with Gasteiger partial charge >= 0.3 is 0 Å². The molecule has 8 heteroatoms. The van der Waals surface area contributed by atoms with Crippen molar-refractivity contribution in [1.29, 1.82) is 0 Å². The van der Waals surface area contributed by atoms with Crippen molar-refractivity contribution in [2.24, 2.45) is 0 Å². The minimum Gasteiger partial charge on any atom is -0.504 e. The zero-order chi connectivity index (χ0) is 51.6. The lowest BCUT2D eigenvalue weighted by Gasteiger charge is -2.16. The van der Waals surface area contributed by atoms with Crippen LogP contribution in [0.5, 0.6) is 28.7 Å². The summed E-state index contributed by atoms with van der Waals surface area (Å²) in [4.78, 5) is 0. The first-order valence-corrected chi connectivity index (χ1v) is 25.8. The first-order chi connectivity index (χ1) is 36.7. The molecule has 0 amide bonds. The van der Waals surface area contributed by atoms with E-state index in [0.29, 0.717) is 5.56 Å². The van der Waals surface area contributed by atoms with Gasteiger partial charge in [0.15, 0.2) is 11.5 Å². The normalized spacial score (nSPS) is 11.5. The Morgan fingerprint density at radius 2 is 0.907 bits per heavy atom. The number of nitrogens with zero attached hydrogens (tertiary/aromatic N) is 2. The quantitative estimate of drug-likeness (QED) is 0.0511. The summed E-state index contributed by atoms with van der Waals surface area (Å²) < 4.78 is 7.09. The molecule has 5 N–H and O–H groups in total. The SMILES string of the molecule is C=CC.CC.Oc1c(O)c(O)c(-c2ccc3c4ccc(-c5cc(-c6cccc7c6sc6ccccc67)cc(-n6c7ccccc7c7c8ccccc8c8ccccc8c76)c5)cc4n(-c4ccccc4)c3c2)c(O)c1O. The van der Waals surface area contributed by atoms with Crippen LogP contribution in [0.25, 0.3) is 130 Å². The van der Waals surface area contributed by atoms with Gasteiger partial charge in [-0.3, -0.25) is 0 Å². The Labute approximate surface area is 436 Å². The van der Waals surface area contributed by atoms with Crippen LogP contribution in [0.2, 0.25) is 0 Å². The second kappa shape index (κ2) is 18.5. The third-order valence-electron chi connectivity index (χ3n) is 14.2. The Kier molecular flexibility index (Phi) is 11.5. The molecule has 0 saturated carbocycles. The van der Waals surface area contributed by atoms with Gasteiger partial charge in [0.05, 0.1) is 27.6 Å². The molecule has 0 bridgehead atoms. The van der Waals surface area contributed by atoms with E-state index in [-0.39, 0.29) is 5.56 Å². The minimum absolute atomic E-state index is 0.205. The number of benzene rings is 11. The molecule has 14 aromatic rings. The Balaban J connectivity index is 0.00000110. The Hall–Kier alpha value is -9.50. The third-order valence-corrected chi connectivity index (χ3v) is 15.4. The molecule has 11 aromatic carbocycles. The summed E-state index contributed by atoms with van der Waals surface area (Å²) in [6, 6.07) is 70.5. The van der Waals surface area contributed by atoms with E-state index in [1.54, 1.807) is 12.1 Å². The molecule has 0 fully saturated rings. The van der Waals surface area contributed by atoms with Crippen LogP contribution in [0, 0.1) is 0 Å². The highest BCUT2D eigenvalue weighted by atomic mass is 32.1. The molecular weight excluding hydrogens is 945 g/mol. The molecule has 7 nitrogen and oxygen atoms in total. The van der Waals surface area contributed by atoms with Crippen LogP contribution >= 0.6 is 11.3 Å². The van der Waals surface area contributed by atoms with Crippen LogP contribution < -0.4 is 0 Å². The van der Waals surface area contributed by atoms with E-state index in [1.807, 2.05) is 74.6 Å². The van der Waals surface area contributed by atoms with Crippen LogP contribution in [-0.4, -0.2) is 34.7 Å². The first-order valence-electron chi connectivity index (χ1n) is 25.0. The van der Waals surface area contributed by atoms with Crippen LogP contribution in [0.1, 0.15) is 20.8 Å². The number of aromatic nitrogens is 2. The maximum Gasteiger partial charge on any atom is 0.208 e. The van der Waals surface area contributed by atoms with Gasteiger partial charge in [0.1, 0.15) is 0 Å². The van der Waals surface area contributed by atoms with Crippen molar-refractivity contribution in [1.82, 2.24) is 9.13 Å². The van der Waals surface area contributed by atoms with Crippen LogP contribution in [-0.2, 0) is 0 Å². The summed E-state index contributed by atoms with van der Waals surface area (Å²) >= 11 is 1.82. The standard InChI is InChI=1S/C62H38N2O5S.C3H6.C2H6/c65-57-54(58(66)60(68)61(69)59(57)67)35-26-28-44-43-27-25-34(32-51(43)63(52(44)33-35)38-13-2-1-3-14-38)36-29-37(40-21-12-22-48-45-17-9-11-24-53(45)70-62(40)48)31-39(30-36)64-50-23-10-8-20-49(50)55-46-18-6-4-15-41(46)42-16-5-7-19-47(42)56(55)64;1-3-2;1-2/h1-33,65-69H;3H,1H2,2H3;1-2H3. The smallest absolute Gasteiger partial charge is 0.208 e. The summed E-state index contributed by atoms with van der Waals surface area (Å²) in [6.45, 7) is 9.25. The largest absolute Gasteiger partial charge is 0.504 e. The van der Waals surface area contributed by atoms with Gasteiger partial charge < -0.3 is 34.7 Å². The summed E-state index contributed by atoms with van der Waals surface area (Å²) in [5.41, 5.74) is 10.3. The molecular formula is C67H50N2O5S. The third kappa shape index (κ3) is 7.24. The Bertz CT molecular complexity index is 4570. The second-order valence-corrected chi connectivity index (χ2v) is 19.4. The highest BCUT2D eigenvalue weighted by Crippen LogP contribution is 2.55. The van der Waals surface area contributed by atoms with E-state index in [4.69, 9.17) is 0 Å². The summed E-state index contributed by atoms with van der Waals surface area (Å²) in [7, 11) is 0. The fourth-order valence-corrected chi connectivity index (χ4v) is 12.3. The van der Waals surface area contributed by atoms with Gasteiger partial charge in [0.2, 0.25) is 17.2 Å². The van der Waals surface area contributed by atoms with Crippen molar-refractivity contribution in [2.75, 3.05) is 0 Å². The van der Waals surface area contributed by atoms with E-state index in [9.17, 15) is 25.5 Å². The van der Waals surface area contributed by atoms with Gasteiger partial charge in [-0.15, -0.1) is 17.9 Å². The molecule has 0 saturated heterocycles. The van der Waals surface area contributed by atoms with E-state index in [0.717, 1.165) is 66.5 Å². The Morgan fingerprint density at radius 1 is 0.387 bits per heavy atom. The van der Waals surface area contributed by atoms with E-state index >= 15 is 0 Å². The van der Waals surface area contributed by atoms with Crippen molar-refractivity contribution < 1.29 is 25.5 Å². The number of thiophene rings is 1. The van der Waals surface area contributed by atoms with Crippen molar-refractivity contribution in [3.8, 4) is 73.5 Å². The maximum atomic E-state index is 11.0. The van der Waals surface area contributed by atoms with Gasteiger partial charge in [-0.1, -0.05) is 166 Å². The van der Waals surface area contributed by atoms with Gasteiger partial charge in [-0.05, 0) is 105 Å². The summed E-state index contributed by atoms with van der Waals surface area (Å²) in [6.07, 6.45) is 1.75. The molecule has 0 unspecified atom stereocenters. The number of phenolic OH excluding ortho intramolecular Hbond substituents is 5. The van der Waals surface area contributed by atoms with Crippen molar-refractivity contribution >= 4 is 96.7 Å². The van der Waals surface area contributed by atoms with Crippen LogP contribution in [0.3, 0.4) is 0 Å². The monoisotopic (exact) mass is 994 g/mol. The topological polar surface area (TPSA) is 111 Å². The lowest BCUT2D eigenvalue weighted by atomic mass is 9.95. The molecule has 0 spiro atoms. The van der Waals surface area contributed by atoms with E-state index in [2.05, 4.69) is 167 Å². The fourth-order valence-electron chi connectivity index (χ4n) is 11.1. The number of phenols is 5.